The van der Waals surface area contributed by atoms with Crippen LogP contribution in [0.2, 0.25) is 0 Å². The fourth-order valence-electron chi connectivity index (χ4n) is 3.84. The molecule has 1 heterocycles. The van der Waals surface area contributed by atoms with Gasteiger partial charge in [0.05, 0.1) is 0 Å². The summed E-state index contributed by atoms with van der Waals surface area (Å²) in [6.45, 7) is 12.3. The summed E-state index contributed by atoms with van der Waals surface area (Å²) in [6, 6.07) is 0.745. The lowest BCUT2D eigenvalue weighted by molar-refractivity contribution is -0.0297. The van der Waals surface area contributed by atoms with Gasteiger partial charge in [0.2, 0.25) is 0 Å². The predicted molar refractivity (Wildman–Crippen MR) is 65.9 cm³/mol. The highest BCUT2D eigenvalue weighted by Gasteiger charge is 2.44. The van der Waals surface area contributed by atoms with Crippen molar-refractivity contribution in [3.63, 3.8) is 0 Å². The molecule has 88 valence electrons. The maximum atomic E-state index is 2.67. The Balaban J connectivity index is 1.92. The molecule has 1 saturated heterocycles. The summed E-state index contributed by atoms with van der Waals surface area (Å²) in [5.41, 5.74) is 0. The molecule has 1 nitrogen and oxygen atoms in total. The van der Waals surface area contributed by atoms with Gasteiger partial charge in [-0.3, -0.25) is 0 Å². The van der Waals surface area contributed by atoms with Gasteiger partial charge in [0.25, 0.3) is 0 Å². The van der Waals surface area contributed by atoms with Crippen molar-refractivity contribution in [3.8, 4) is 0 Å². The van der Waals surface area contributed by atoms with Crippen LogP contribution in [0, 0.1) is 23.7 Å². The Bertz CT molecular complexity index is 211. The lowest BCUT2D eigenvalue weighted by Gasteiger charge is -2.52. The molecule has 2 aliphatic rings. The second kappa shape index (κ2) is 4.45. The zero-order valence-electron chi connectivity index (χ0n) is 10.9. The average molecular weight is 209 g/mol. The first-order valence-corrected chi connectivity index (χ1v) is 6.85. The number of fused-ring (bicyclic) bond motifs is 1. The van der Waals surface area contributed by atoms with Crippen LogP contribution in [0.4, 0.5) is 0 Å². The summed E-state index contributed by atoms with van der Waals surface area (Å²) in [6.07, 6.45) is 4.37. The highest BCUT2D eigenvalue weighted by atomic mass is 15.1. The van der Waals surface area contributed by atoms with E-state index >= 15 is 0 Å². The van der Waals surface area contributed by atoms with E-state index in [9.17, 15) is 0 Å². The fraction of sp³-hybridized carbons (Fsp3) is 1.00. The summed E-state index contributed by atoms with van der Waals surface area (Å²) in [7, 11) is 0. The number of hydrogen-bond donors (Lipinski definition) is 0. The first kappa shape index (κ1) is 11.4. The second-order valence-electron chi connectivity index (χ2n) is 6.11. The molecule has 1 aliphatic heterocycles. The lowest BCUT2D eigenvalue weighted by Crippen LogP contribution is -2.48. The summed E-state index contributed by atoms with van der Waals surface area (Å²) in [5.74, 6) is 4.10. The normalized spacial score (nSPS) is 43.0. The maximum Gasteiger partial charge on any atom is 0.00385 e. The smallest absolute Gasteiger partial charge is 0.00385 e. The van der Waals surface area contributed by atoms with E-state index in [-0.39, 0.29) is 0 Å². The third-order valence-electron chi connectivity index (χ3n) is 5.19. The van der Waals surface area contributed by atoms with Crippen molar-refractivity contribution in [1.29, 1.82) is 0 Å². The van der Waals surface area contributed by atoms with E-state index in [1.165, 1.54) is 32.4 Å². The Morgan fingerprint density at radius 2 is 1.53 bits per heavy atom. The van der Waals surface area contributed by atoms with Crippen LogP contribution in [0.5, 0.6) is 0 Å². The molecule has 2 fully saturated rings. The molecular formula is C14H27N. The van der Waals surface area contributed by atoms with Crippen molar-refractivity contribution in [2.45, 2.75) is 53.0 Å². The van der Waals surface area contributed by atoms with Gasteiger partial charge in [0.1, 0.15) is 0 Å². The Morgan fingerprint density at radius 1 is 0.933 bits per heavy atom. The largest absolute Gasteiger partial charge is 0.301 e. The van der Waals surface area contributed by atoms with Crippen molar-refractivity contribution in [1.82, 2.24) is 4.90 Å². The van der Waals surface area contributed by atoms with Crippen LogP contribution in [0.1, 0.15) is 47.0 Å². The quantitative estimate of drug-likeness (QED) is 0.640. The number of rotatable bonds is 1. The molecule has 4 unspecified atom stereocenters. The Morgan fingerprint density at radius 3 is 2.13 bits per heavy atom. The standard InChI is InChI=1S/C14H27N/c1-10(2)15-8-5-6-13-11(3)12(4)14(13)7-9-15/h10-14H,5-9H2,1-4H3. The van der Waals surface area contributed by atoms with E-state index in [2.05, 4.69) is 32.6 Å². The van der Waals surface area contributed by atoms with Gasteiger partial charge in [-0.05, 0) is 69.9 Å². The van der Waals surface area contributed by atoms with Crippen LogP contribution in [0.25, 0.3) is 0 Å². The predicted octanol–water partition coefficient (Wildman–Crippen LogP) is 3.40. The Hall–Kier alpha value is -0.0400. The summed E-state index contributed by atoms with van der Waals surface area (Å²) < 4.78 is 0. The van der Waals surface area contributed by atoms with Gasteiger partial charge >= 0.3 is 0 Å². The van der Waals surface area contributed by atoms with E-state index in [0.29, 0.717) is 0 Å². The number of nitrogens with zero attached hydrogens (tertiary/aromatic N) is 1. The fourth-order valence-corrected chi connectivity index (χ4v) is 3.84. The van der Waals surface area contributed by atoms with Crippen molar-refractivity contribution >= 4 is 0 Å². The Kier molecular flexibility index (Phi) is 3.39. The number of hydrogen-bond acceptors (Lipinski definition) is 1. The lowest BCUT2D eigenvalue weighted by atomic mass is 9.55. The molecule has 0 spiro atoms. The monoisotopic (exact) mass is 209 g/mol. The minimum atomic E-state index is 0.745. The van der Waals surface area contributed by atoms with Gasteiger partial charge in [0.15, 0.2) is 0 Å². The van der Waals surface area contributed by atoms with Crippen molar-refractivity contribution < 1.29 is 0 Å². The third kappa shape index (κ3) is 2.08. The van der Waals surface area contributed by atoms with Crippen molar-refractivity contribution in [2.24, 2.45) is 23.7 Å². The minimum Gasteiger partial charge on any atom is -0.301 e. The van der Waals surface area contributed by atoms with Crippen LogP contribution < -0.4 is 0 Å². The first-order chi connectivity index (χ1) is 7.11. The van der Waals surface area contributed by atoms with Gasteiger partial charge < -0.3 is 4.90 Å². The van der Waals surface area contributed by atoms with E-state index in [4.69, 9.17) is 0 Å². The molecule has 0 aromatic carbocycles. The van der Waals surface area contributed by atoms with Gasteiger partial charge in [-0.25, -0.2) is 0 Å². The minimum absolute atomic E-state index is 0.745. The molecule has 0 aromatic heterocycles. The molecule has 0 bridgehead atoms. The highest BCUT2D eigenvalue weighted by molar-refractivity contribution is 4.93. The summed E-state index contributed by atoms with van der Waals surface area (Å²) in [5, 5.41) is 0. The maximum absolute atomic E-state index is 2.67. The zero-order valence-corrected chi connectivity index (χ0v) is 10.9. The molecule has 15 heavy (non-hydrogen) atoms. The molecule has 1 heteroatoms. The van der Waals surface area contributed by atoms with Crippen LogP contribution in [-0.4, -0.2) is 24.0 Å². The van der Waals surface area contributed by atoms with Crippen LogP contribution in [0.3, 0.4) is 0 Å². The van der Waals surface area contributed by atoms with Crippen LogP contribution >= 0.6 is 0 Å². The van der Waals surface area contributed by atoms with E-state index < -0.39 is 0 Å². The van der Waals surface area contributed by atoms with Crippen molar-refractivity contribution in [3.05, 3.63) is 0 Å². The molecule has 0 radical (unpaired) electrons. The third-order valence-corrected chi connectivity index (χ3v) is 5.19. The van der Waals surface area contributed by atoms with E-state index in [0.717, 1.165) is 29.7 Å². The van der Waals surface area contributed by atoms with Crippen molar-refractivity contribution in [2.75, 3.05) is 13.1 Å². The molecule has 0 amide bonds. The molecule has 2 rings (SSSR count). The first-order valence-electron chi connectivity index (χ1n) is 6.85. The summed E-state index contributed by atoms with van der Waals surface area (Å²) in [4.78, 5) is 2.67. The average Bonchev–Trinajstić information content (AvgIpc) is 2.17. The SMILES string of the molecule is CC1C(C)C2CCN(C(C)C)CCCC12. The van der Waals surface area contributed by atoms with E-state index in [1.807, 2.05) is 0 Å². The molecule has 0 N–H and O–H groups in total. The second-order valence-corrected chi connectivity index (χ2v) is 6.11. The summed E-state index contributed by atoms with van der Waals surface area (Å²) >= 11 is 0. The van der Waals surface area contributed by atoms with Gasteiger partial charge in [-0.2, -0.15) is 0 Å². The molecular weight excluding hydrogens is 182 g/mol. The Labute approximate surface area is 95.2 Å². The number of likely N-dealkylation sites (tertiary alicyclic amines) is 1. The van der Waals surface area contributed by atoms with Gasteiger partial charge in [0, 0.05) is 6.04 Å². The zero-order chi connectivity index (χ0) is 11.0. The van der Waals surface area contributed by atoms with E-state index in [1.54, 1.807) is 0 Å². The van der Waals surface area contributed by atoms with Gasteiger partial charge in [-0.1, -0.05) is 13.8 Å². The van der Waals surface area contributed by atoms with Crippen LogP contribution in [-0.2, 0) is 0 Å². The topological polar surface area (TPSA) is 3.24 Å². The molecule has 0 aromatic rings. The molecule has 1 saturated carbocycles. The molecule has 1 aliphatic carbocycles. The van der Waals surface area contributed by atoms with Gasteiger partial charge in [-0.15, -0.1) is 0 Å². The molecule has 4 atom stereocenters. The van der Waals surface area contributed by atoms with Crippen LogP contribution in [0.15, 0.2) is 0 Å². The highest BCUT2D eigenvalue weighted by Crippen LogP contribution is 2.50.